The van der Waals surface area contributed by atoms with Crippen LogP contribution in [-0.2, 0) is 4.57 Å². The molecule has 11 heavy (non-hydrogen) atoms. The molecule has 1 aliphatic heterocycles. The van der Waals surface area contributed by atoms with Crippen LogP contribution in [0.1, 0.15) is 0 Å². The maximum Gasteiger partial charge on any atom is 0.0874 e. The van der Waals surface area contributed by atoms with Gasteiger partial charge in [0.1, 0.15) is 0 Å². The van der Waals surface area contributed by atoms with Gasteiger partial charge in [-0.05, 0) is 19.2 Å². The molecular weight excluding hydrogens is 177 g/mol. The van der Waals surface area contributed by atoms with Gasteiger partial charge in [-0.25, -0.2) is 11.1 Å². The minimum atomic E-state index is -1.69. The van der Waals surface area contributed by atoms with Crippen molar-refractivity contribution in [2.45, 2.75) is 0 Å². The second-order valence-electron chi connectivity index (χ2n) is 3.54. The summed E-state index contributed by atoms with van der Waals surface area (Å²) in [6, 6.07) is 0. The Hall–Kier alpha value is 0.540. The Balaban J connectivity index is 2.42. The topological polar surface area (TPSA) is 20.3 Å². The fourth-order valence-electron chi connectivity index (χ4n) is 1.28. The lowest BCUT2D eigenvalue weighted by molar-refractivity contribution is 0.487. The predicted molar refractivity (Wildman–Crippen MR) is 55.7 cm³/mol. The van der Waals surface area contributed by atoms with E-state index in [4.69, 9.17) is 0 Å². The van der Waals surface area contributed by atoms with Crippen LogP contribution in [0.2, 0.25) is 0 Å². The maximum absolute atomic E-state index is 11.6. The van der Waals surface area contributed by atoms with Crippen LogP contribution in [0.25, 0.3) is 0 Å². The summed E-state index contributed by atoms with van der Waals surface area (Å²) in [5, 5.41) is 0. The summed E-state index contributed by atoms with van der Waals surface area (Å²) in [7, 11) is -1.69. The highest BCUT2D eigenvalue weighted by atomic mass is 32.2. The predicted octanol–water partition coefficient (Wildman–Crippen LogP) is 1.47. The van der Waals surface area contributed by atoms with Crippen molar-refractivity contribution in [1.29, 1.82) is 0 Å². The zero-order chi connectivity index (χ0) is 8.48. The summed E-state index contributed by atoms with van der Waals surface area (Å²) in [6.45, 7) is 4.07. The Kier molecular flexibility index (Phi) is 3.07. The molecule has 0 aliphatic carbocycles. The minimum Gasteiger partial charge on any atom is -0.324 e. The van der Waals surface area contributed by atoms with Crippen LogP contribution in [0.3, 0.4) is 0 Å². The van der Waals surface area contributed by atoms with E-state index in [2.05, 4.69) is 16.8 Å². The lowest BCUT2D eigenvalue weighted by Crippen LogP contribution is -2.31. The first-order chi connectivity index (χ1) is 5.01. The summed E-state index contributed by atoms with van der Waals surface area (Å²) in [5.74, 6) is 0. The molecule has 68 valence electrons. The van der Waals surface area contributed by atoms with Crippen molar-refractivity contribution < 1.29 is 4.57 Å². The second-order valence-corrected chi connectivity index (χ2v) is 9.29. The van der Waals surface area contributed by atoms with Gasteiger partial charge in [-0.15, -0.1) is 0 Å². The highest BCUT2D eigenvalue weighted by molar-refractivity contribution is 8.13. The van der Waals surface area contributed by atoms with Gasteiger partial charge in [0.25, 0.3) is 0 Å². The Labute approximate surface area is 72.2 Å². The third-order valence-corrected chi connectivity index (χ3v) is 6.05. The lowest BCUT2D eigenvalue weighted by Gasteiger charge is -2.35. The summed E-state index contributed by atoms with van der Waals surface area (Å²) in [6.07, 6.45) is 6.41. The highest BCUT2D eigenvalue weighted by Gasteiger charge is 2.24. The van der Waals surface area contributed by atoms with Crippen LogP contribution in [0.15, 0.2) is 0 Å². The largest absolute Gasteiger partial charge is 0.324 e. The number of rotatable bonds is 1. The van der Waals surface area contributed by atoms with Crippen molar-refractivity contribution in [2.24, 2.45) is 0 Å². The molecular formula is C7H18NOPS. The standard InChI is InChI=1S/C7H18NOPS/c1-10(9)6-4-8(5-7-10)11(2)3/h11H,4-7H2,1-3H3. The van der Waals surface area contributed by atoms with Crippen LogP contribution in [0.5, 0.6) is 0 Å². The normalized spacial score (nSPS) is 26.6. The summed E-state index contributed by atoms with van der Waals surface area (Å²) >= 11 is 0.0522. The summed E-state index contributed by atoms with van der Waals surface area (Å²) in [5.41, 5.74) is 0. The van der Waals surface area contributed by atoms with Crippen LogP contribution < -0.4 is 0 Å². The fourth-order valence-corrected chi connectivity index (χ4v) is 4.15. The van der Waals surface area contributed by atoms with E-state index in [0.29, 0.717) is 0 Å². The fraction of sp³-hybridized carbons (Fsp3) is 1.00. The highest BCUT2D eigenvalue weighted by Crippen LogP contribution is 2.45. The molecule has 0 aromatic rings. The van der Waals surface area contributed by atoms with Crippen LogP contribution >= 0.6 is 18.2 Å². The van der Waals surface area contributed by atoms with E-state index in [0.717, 1.165) is 25.4 Å². The van der Waals surface area contributed by atoms with E-state index >= 15 is 0 Å². The van der Waals surface area contributed by atoms with Gasteiger partial charge in [0.2, 0.25) is 0 Å². The molecule has 0 atom stereocenters. The van der Waals surface area contributed by atoms with E-state index in [-0.39, 0.29) is 11.1 Å². The summed E-state index contributed by atoms with van der Waals surface area (Å²) in [4.78, 5) is 0. The molecule has 0 saturated carbocycles. The Morgan fingerprint density at radius 2 is 1.73 bits per heavy atom. The van der Waals surface area contributed by atoms with Gasteiger partial charge >= 0.3 is 0 Å². The smallest absolute Gasteiger partial charge is 0.0874 e. The van der Waals surface area contributed by atoms with Crippen molar-refractivity contribution in [3.63, 3.8) is 0 Å². The molecule has 2 nitrogen and oxygen atoms in total. The number of thiol groups is 1. The number of hydrogen-bond acceptors (Lipinski definition) is 2. The molecule has 0 unspecified atom stereocenters. The van der Waals surface area contributed by atoms with Gasteiger partial charge in [0, 0.05) is 25.4 Å². The van der Waals surface area contributed by atoms with E-state index in [1.165, 1.54) is 0 Å². The number of nitrogens with zero attached hydrogens (tertiary/aromatic N) is 1. The van der Waals surface area contributed by atoms with Gasteiger partial charge in [-0.3, -0.25) is 4.31 Å². The molecule has 0 amide bonds. The number of hydrogen-bond donors (Lipinski definition) is 1. The van der Waals surface area contributed by atoms with Gasteiger partial charge in [0.05, 0.1) is 7.14 Å². The van der Waals surface area contributed by atoms with Crippen molar-refractivity contribution in [3.8, 4) is 0 Å². The molecule has 0 radical (unpaired) electrons. The maximum atomic E-state index is 11.6. The third kappa shape index (κ3) is 2.81. The molecule has 0 spiro atoms. The van der Waals surface area contributed by atoms with Crippen molar-refractivity contribution in [3.05, 3.63) is 0 Å². The molecule has 1 heterocycles. The second kappa shape index (κ2) is 3.51. The zero-order valence-corrected chi connectivity index (χ0v) is 9.37. The van der Waals surface area contributed by atoms with Gasteiger partial charge in [-0.2, -0.15) is 0 Å². The Morgan fingerprint density at radius 3 is 2.09 bits per heavy atom. The van der Waals surface area contributed by atoms with Gasteiger partial charge < -0.3 is 4.57 Å². The van der Waals surface area contributed by atoms with Crippen LogP contribution in [0, 0.1) is 0 Å². The monoisotopic (exact) mass is 195 g/mol. The molecule has 0 N–H and O–H groups in total. The lowest BCUT2D eigenvalue weighted by atomic mass is 10.6. The molecule has 4 heteroatoms. The van der Waals surface area contributed by atoms with Gasteiger partial charge in [0.15, 0.2) is 0 Å². The van der Waals surface area contributed by atoms with Gasteiger partial charge in [-0.1, -0.05) is 0 Å². The average Bonchev–Trinajstić information content (AvgIpc) is 1.86. The molecule has 1 aliphatic rings. The molecule has 0 bridgehead atoms. The Morgan fingerprint density at radius 1 is 1.27 bits per heavy atom. The summed E-state index contributed by atoms with van der Waals surface area (Å²) < 4.78 is 14.0. The van der Waals surface area contributed by atoms with E-state index < -0.39 is 7.14 Å². The Bertz CT molecular complexity index is 171. The van der Waals surface area contributed by atoms with E-state index in [9.17, 15) is 4.57 Å². The van der Waals surface area contributed by atoms with E-state index in [1.807, 2.05) is 6.66 Å². The van der Waals surface area contributed by atoms with Crippen LogP contribution in [-0.4, -0.2) is 48.9 Å². The first-order valence-electron chi connectivity index (χ1n) is 3.99. The average molecular weight is 195 g/mol. The molecule has 1 fully saturated rings. The third-order valence-electron chi connectivity index (χ3n) is 2.23. The van der Waals surface area contributed by atoms with Crippen molar-refractivity contribution >= 4 is 18.2 Å². The first kappa shape index (κ1) is 9.63. The minimum absolute atomic E-state index is 0.0522. The van der Waals surface area contributed by atoms with Crippen molar-refractivity contribution in [1.82, 2.24) is 4.31 Å². The zero-order valence-electron chi connectivity index (χ0n) is 7.58. The SMILES string of the molecule is C[SH](C)N1CCP(C)(=O)CC1. The first-order valence-corrected chi connectivity index (χ1v) is 8.70. The van der Waals surface area contributed by atoms with E-state index in [1.54, 1.807) is 0 Å². The molecule has 1 saturated heterocycles. The van der Waals surface area contributed by atoms with Crippen LogP contribution in [0.4, 0.5) is 0 Å². The molecule has 0 aromatic heterocycles. The van der Waals surface area contributed by atoms with Crippen molar-refractivity contribution in [2.75, 3.05) is 44.6 Å². The quantitative estimate of drug-likeness (QED) is 0.505. The molecule has 0 aromatic carbocycles. The molecule has 1 rings (SSSR count).